The molecule has 0 aromatic carbocycles. The zero-order valence-corrected chi connectivity index (χ0v) is 14.6. The van der Waals surface area contributed by atoms with Gasteiger partial charge in [0, 0.05) is 10.0 Å². The van der Waals surface area contributed by atoms with Crippen molar-refractivity contribution in [3.05, 3.63) is 15.9 Å². The zero-order chi connectivity index (χ0) is 14.2. The molecule has 0 aliphatic heterocycles. The van der Waals surface area contributed by atoms with E-state index in [1.54, 1.807) is 11.4 Å². The Hall–Kier alpha value is 0.0900. The molecule has 0 atom stereocenters. The Kier molecular flexibility index (Phi) is 4.69. The molecule has 0 bridgehead atoms. The Bertz CT molecular complexity index is 512. The van der Waals surface area contributed by atoms with E-state index in [2.05, 4.69) is 41.4 Å². The van der Waals surface area contributed by atoms with Crippen LogP contribution in [0.2, 0.25) is 0 Å². The average molecular weight is 354 g/mol. The monoisotopic (exact) mass is 353 g/mol. The van der Waals surface area contributed by atoms with E-state index in [1.807, 2.05) is 13.8 Å². The first-order chi connectivity index (χ1) is 7.93. The number of hydrogen-bond donors (Lipinski definition) is 1. The van der Waals surface area contributed by atoms with Crippen molar-refractivity contribution in [2.45, 2.75) is 50.8 Å². The second kappa shape index (κ2) is 5.23. The van der Waals surface area contributed by atoms with Gasteiger partial charge in [0.25, 0.3) is 10.0 Å². The standard InChI is InChI=1S/C12H20BrNO2S2/c1-11(2,3)8-12(4,5)14-18(15,16)10-9(13)6-7-17-10/h6-7,14H,8H2,1-5H3. The maximum absolute atomic E-state index is 12.3. The summed E-state index contributed by atoms with van der Waals surface area (Å²) in [6, 6.07) is 1.75. The summed E-state index contributed by atoms with van der Waals surface area (Å²) in [7, 11) is -3.46. The first-order valence-electron chi connectivity index (χ1n) is 5.70. The van der Waals surface area contributed by atoms with Gasteiger partial charge in [0.15, 0.2) is 0 Å². The minimum Gasteiger partial charge on any atom is -0.206 e. The predicted octanol–water partition coefficient (Wildman–Crippen LogP) is 4.00. The predicted molar refractivity (Wildman–Crippen MR) is 80.5 cm³/mol. The van der Waals surface area contributed by atoms with Gasteiger partial charge in [0.2, 0.25) is 0 Å². The normalized spacial score (nSPS) is 13.9. The lowest BCUT2D eigenvalue weighted by atomic mass is 9.82. The van der Waals surface area contributed by atoms with Crippen LogP contribution >= 0.6 is 27.3 Å². The van der Waals surface area contributed by atoms with Gasteiger partial charge in [-0.15, -0.1) is 11.3 Å². The molecule has 0 fully saturated rings. The maximum atomic E-state index is 12.3. The quantitative estimate of drug-likeness (QED) is 0.888. The molecule has 0 aliphatic carbocycles. The molecule has 0 radical (unpaired) electrons. The molecule has 0 saturated heterocycles. The van der Waals surface area contributed by atoms with E-state index >= 15 is 0 Å². The van der Waals surface area contributed by atoms with E-state index in [-0.39, 0.29) is 5.41 Å². The number of rotatable bonds is 4. The van der Waals surface area contributed by atoms with Crippen LogP contribution in [0.4, 0.5) is 0 Å². The summed E-state index contributed by atoms with van der Waals surface area (Å²) >= 11 is 4.48. The van der Waals surface area contributed by atoms with E-state index in [0.29, 0.717) is 8.68 Å². The highest BCUT2D eigenvalue weighted by atomic mass is 79.9. The van der Waals surface area contributed by atoms with Gasteiger partial charge in [-0.2, -0.15) is 0 Å². The van der Waals surface area contributed by atoms with Crippen molar-refractivity contribution in [3.63, 3.8) is 0 Å². The van der Waals surface area contributed by atoms with Crippen molar-refractivity contribution >= 4 is 37.3 Å². The third-order valence-corrected chi connectivity index (χ3v) is 6.58. The van der Waals surface area contributed by atoms with Crippen LogP contribution in [0.5, 0.6) is 0 Å². The Labute approximate surface area is 122 Å². The molecule has 1 heterocycles. The maximum Gasteiger partial charge on any atom is 0.251 e. The minimum absolute atomic E-state index is 0.0682. The van der Waals surface area contributed by atoms with Gasteiger partial charge in [0.1, 0.15) is 4.21 Å². The number of thiophene rings is 1. The van der Waals surface area contributed by atoms with E-state index in [0.717, 1.165) is 6.42 Å². The third kappa shape index (κ3) is 4.64. The van der Waals surface area contributed by atoms with Crippen LogP contribution in [0, 0.1) is 5.41 Å². The van der Waals surface area contributed by atoms with E-state index < -0.39 is 15.6 Å². The van der Waals surface area contributed by atoms with E-state index in [1.165, 1.54) is 11.3 Å². The highest BCUT2D eigenvalue weighted by Crippen LogP contribution is 2.31. The van der Waals surface area contributed by atoms with Gasteiger partial charge in [-0.05, 0) is 53.1 Å². The minimum atomic E-state index is -3.46. The van der Waals surface area contributed by atoms with Crippen LogP contribution in [0.3, 0.4) is 0 Å². The van der Waals surface area contributed by atoms with Crippen LogP contribution in [0.1, 0.15) is 41.0 Å². The van der Waals surface area contributed by atoms with Gasteiger partial charge in [-0.3, -0.25) is 0 Å². The smallest absolute Gasteiger partial charge is 0.206 e. The molecule has 0 amide bonds. The molecular formula is C12H20BrNO2S2. The van der Waals surface area contributed by atoms with E-state index in [4.69, 9.17) is 0 Å². The Morgan fingerprint density at radius 1 is 1.28 bits per heavy atom. The molecule has 0 unspecified atom stereocenters. The van der Waals surface area contributed by atoms with Crippen LogP contribution in [-0.4, -0.2) is 14.0 Å². The molecule has 0 spiro atoms. The average Bonchev–Trinajstić information content (AvgIpc) is 2.43. The molecule has 104 valence electrons. The number of halogens is 1. The summed E-state index contributed by atoms with van der Waals surface area (Å²) in [6.07, 6.45) is 0.766. The van der Waals surface area contributed by atoms with Crippen LogP contribution in [0.25, 0.3) is 0 Å². The van der Waals surface area contributed by atoms with Crippen molar-refractivity contribution in [2.75, 3.05) is 0 Å². The largest absolute Gasteiger partial charge is 0.251 e. The first kappa shape index (κ1) is 16.1. The molecule has 6 heteroatoms. The fourth-order valence-corrected chi connectivity index (χ4v) is 5.99. The molecular weight excluding hydrogens is 334 g/mol. The molecule has 1 aromatic heterocycles. The lowest BCUT2D eigenvalue weighted by Crippen LogP contribution is -2.45. The summed E-state index contributed by atoms with van der Waals surface area (Å²) in [4.78, 5) is 0. The SMILES string of the molecule is CC(C)(C)CC(C)(C)NS(=O)(=O)c1sccc1Br. The molecule has 3 nitrogen and oxygen atoms in total. The number of hydrogen-bond acceptors (Lipinski definition) is 3. The summed E-state index contributed by atoms with van der Waals surface area (Å²) in [5.41, 5.74) is -0.404. The van der Waals surface area contributed by atoms with Gasteiger partial charge >= 0.3 is 0 Å². The summed E-state index contributed by atoms with van der Waals surface area (Å²) < 4.78 is 28.3. The Morgan fingerprint density at radius 2 is 1.83 bits per heavy atom. The highest BCUT2D eigenvalue weighted by molar-refractivity contribution is 9.10. The molecule has 1 aromatic rings. The fraction of sp³-hybridized carbons (Fsp3) is 0.667. The first-order valence-corrected chi connectivity index (χ1v) is 8.86. The van der Waals surface area contributed by atoms with Gasteiger partial charge in [0.05, 0.1) is 0 Å². The highest BCUT2D eigenvalue weighted by Gasteiger charge is 2.31. The number of nitrogens with one attached hydrogen (secondary N) is 1. The Morgan fingerprint density at radius 3 is 2.22 bits per heavy atom. The summed E-state index contributed by atoms with van der Waals surface area (Å²) in [5, 5.41) is 1.76. The van der Waals surface area contributed by atoms with Crippen LogP contribution in [-0.2, 0) is 10.0 Å². The molecule has 1 N–H and O–H groups in total. The second-order valence-corrected chi connectivity index (χ2v) is 9.93. The molecule has 0 aliphatic rings. The third-order valence-electron chi connectivity index (χ3n) is 2.21. The molecule has 1 rings (SSSR count). The summed E-state index contributed by atoms with van der Waals surface area (Å²) in [5.74, 6) is 0. The Balaban J connectivity index is 2.94. The molecule has 18 heavy (non-hydrogen) atoms. The van der Waals surface area contributed by atoms with Crippen LogP contribution in [0.15, 0.2) is 20.1 Å². The van der Waals surface area contributed by atoms with Crippen molar-refractivity contribution in [3.8, 4) is 0 Å². The second-order valence-electron chi connectivity index (χ2n) is 6.28. The van der Waals surface area contributed by atoms with Crippen molar-refractivity contribution in [1.29, 1.82) is 0 Å². The molecule has 0 saturated carbocycles. The number of sulfonamides is 1. The lowest BCUT2D eigenvalue weighted by Gasteiger charge is -2.32. The van der Waals surface area contributed by atoms with Gasteiger partial charge in [-0.25, -0.2) is 13.1 Å². The van der Waals surface area contributed by atoms with E-state index in [9.17, 15) is 8.42 Å². The topological polar surface area (TPSA) is 46.2 Å². The zero-order valence-electron chi connectivity index (χ0n) is 11.4. The van der Waals surface area contributed by atoms with Gasteiger partial charge in [-0.1, -0.05) is 20.8 Å². The lowest BCUT2D eigenvalue weighted by molar-refractivity contribution is 0.269. The fourth-order valence-electron chi connectivity index (χ4n) is 2.24. The van der Waals surface area contributed by atoms with Crippen LogP contribution < -0.4 is 4.72 Å². The summed E-state index contributed by atoms with van der Waals surface area (Å²) in [6.45, 7) is 10.1. The van der Waals surface area contributed by atoms with Crippen molar-refractivity contribution < 1.29 is 8.42 Å². The van der Waals surface area contributed by atoms with Crippen molar-refractivity contribution in [2.24, 2.45) is 5.41 Å². The van der Waals surface area contributed by atoms with Gasteiger partial charge < -0.3 is 0 Å². The van der Waals surface area contributed by atoms with Crippen molar-refractivity contribution in [1.82, 2.24) is 4.72 Å².